The molecule has 3 atom stereocenters. The van der Waals surface area contributed by atoms with E-state index in [9.17, 15) is 18.9 Å². The Kier molecular flexibility index (Phi) is 7.75. The molecule has 2 aliphatic heterocycles. The molecule has 0 bridgehead atoms. The van der Waals surface area contributed by atoms with Gasteiger partial charge in [0.25, 0.3) is 5.91 Å². The first kappa shape index (κ1) is 30.8. The average molecular weight is 631 g/mol. The van der Waals surface area contributed by atoms with Crippen molar-refractivity contribution in [3.05, 3.63) is 64.4 Å². The molecule has 0 spiro atoms. The Bertz CT molecular complexity index is 1740. The van der Waals surface area contributed by atoms with Crippen LogP contribution in [-0.2, 0) is 33.6 Å². The summed E-state index contributed by atoms with van der Waals surface area (Å²) in [7, 11) is -0.883. The number of esters is 2. The molecule has 3 aromatic rings. The zero-order valence-electron chi connectivity index (χ0n) is 24.8. The number of benzene rings is 2. The molecule has 0 radical (unpaired) electrons. The number of hydrogen-bond acceptors (Lipinski definition) is 10. The Labute approximate surface area is 253 Å². The van der Waals surface area contributed by atoms with Crippen molar-refractivity contribution >= 4 is 59.3 Å². The van der Waals surface area contributed by atoms with E-state index in [1.807, 2.05) is 13.8 Å². The van der Waals surface area contributed by atoms with Gasteiger partial charge in [-0.1, -0.05) is 18.2 Å². The smallest absolute Gasteiger partial charge is 0.345 e. The fourth-order valence-corrected chi connectivity index (χ4v) is 7.73. The van der Waals surface area contributed by atoms with Crippen LogP contribution in [0, 0.1) is 0 Å². The second-order valence-corrected chi connectivity index (χ2v) is 13.7. The number of ether oxygens (including phenoxy) is 2. The molecule has 1 N–H and O–H groups in total. The number of carbonyl (C=O) groups is 3. The number of nitrogens with zero attached hydrogens (tertiary/aromatic N) is 1. The SMILES string of the molecule is C=C(C)c1cc2cc(C3(C)Nc4ccc(Cl)cc4C(=O)N3C(C)C)c3c(c2o1)[C@H](C(=O)OC)[C@@H](P(=O)(OC)OC)C(=O)O3. The number of amides is 1. The molecule has 0 saturated carbocycles. The molecule has 3 heterocycles. The minimum Gasteiger partial charge on any atom is -0.469 e. The first-order valence-electron chi connectivity index (χ1n) is 13.4. The van der Waals surface area contributed by atoms with Gasteiger partial charge in [0.1, 0.15) is 28.7 Å². The van der Waals surface area contributed by atoms with Crippen LogP contribution < -0.4 is 10.1 Å². The van der Waals surface area contributed by atoms with Crippen molar-refractivity contribution in [1.29, 1.82) is 0 Å². The lowest BCUT2D eigenvalue weighted by atomic mass is 9.84. The summed E-state index contributed by atoms with van der Waals surface area (Å²) in [6.45, 7) is 11.2. The molecule has 11 nitrogen and oxygen atoms in total. The van der Waals surface area contributed by atoms with Crippen LogP contribution in [-0.4, -0.2) is 55.8 Å². The van der Waals surface area contributed by atoms with Crippen molar-refractivity contribution in [2.24, 2.45) is 0 Å². The van der Waals surface area contributed by atoms with E-state index in [0.29, 0.717) is 38.6 Å². The number of nitrogens with one attached hydrogen (secondary N) is 1. The summed E-state index contributed by atoms with van der Waals surface area (Å²) in [4.78, 5) is 42.9. The van der Waals surface area contributed by atoms with E-state index in [2.05, 4.69) is 11.9 Å². The van der Waals surface area contributed by atoms with Crippen LogP contribution >= 0.6 is 19.2 Å². The van der Waals surface area contributed by atoms with Gasteiger partial charge in [0.15, 0.2) is 5.66 Å². The summed E-state index contributed by atoms with van der Waals surface area (Å²) in [6, 6.07) is 8.04. The van der Waals surface area contributed by atoms with Gasteiger partial charge in [-0.2, -0.15) is 0 Å². The van der Waals surface area contributed by atoms with Crippen molar-refractivity contribution < 1.29 is 41.9 Å². The lowest BCUT2D eigenvalue weighted by Gasteiger charge is -2.49. The number of furan rings is 1. The lowest BCUT2D eigenvalue weighted by Crippen LogP contribution is -2.58. The highest BCUT2D eigenvalue weighted by atomic mass is 35.5. The van der Waals surface area contributed by atoms with Gasteiger partial charge in [-0.3, -0.25) is 18.9 Å². The summed E-state index contributed by atoms with van der Waals surface area (Å²) in [5.41, 5.74) is -0.932. The Morgan fingerprint density at radius 2 is 1.84 bits per heavy atom. The normalized spacial score (nSPS) is 21.7. The van der Waals surface area contributed by atoms with Gasteiger partial charge in [0, 0.05) is 41.9 Å². The number of rotatable bonds is 7. The number of methoxy groups -OCH3 is 1. The summed E-state index contributed by atoms with van der Waals surface area (Å²) < 4.78 is 41.3. The van der Waals surface area contributed by atoms with Crippen molar-refractivity contribution in [2.45, 2.75) is 51.0 Å². The molecule has 13 heteroatoms. The highest BCUT2D eigenvalue weighted by Crippen LogP contribution is 2.61. The molecule has 5 rings (SSSR count). The van der Waals surface area contributed by atoms with E-state index in [0.717, 1.165) is 21.3 Å². The second kappa shape index (κ2) is 10.8. The van der Waals surface area contributed by atoms with Gasteiger partial charge in [-0.05, 0) is 63.6 Å². The molecule has 0 aliphatic carbocycles. The highest BCUT2D eigenvalue weighted by molar-refractivity contribution is 7.55. The highest BCUT2D eigenvalue weighted by Gasteiger charge is 2.57. The zero-order chi connectivity index (χ0) is 31.6. The standard InChI is InChI=1S/C30H32ClN2O9P/c1-14(2)21-12-16-11-19(30(5)32-20-10-9-17(31)13-18(20)27(34)33(30)15(3)4)25-22(24(16)41-21)23(28(35)38-6)26(29(36)42-25)43(37,39-7)40-8/h9-13,15,23,26,32H,1H2,2-8H3/t23-,26+,30?/m0/s1. The second-order valence-electron chi connectivity index (χ2n) is 10.9. The third kappa shape index (κ3) is 4.66. The number of fused-ring (bicyclic) bond motifs is 4. The largest absolute Gasteiger partial charge is 0.469 e. The summed E-state index contributed by atoms with van der Waals surface area (Å²) in [5, 5.41) is 4.36. The van der Waals surface area contributed by atoms with Gasteiger partial charge < -0.3 is 33.2 Å². The van der Waals surface area contributed by atoms with Crippen molar-refractivity contribution in [1.82, 2.24) is 4.90 Å². The minimum atomic E-state index is -4.26. The number of halogens is 1. The number of carbonyl (C=O) groups excluding carboxylic acids is 3. The van der Waals surface area contributed by atoms with E-state index in [-0.39, 0.29) is 28.8 Å². The molecule has 228 valence electrons. The molecule has 1 amide bonds. The quantitative estimate of drug-likeness (QED) is 0.180. The molecule has 0 fully saturated rings. The summed E-state index contributed by atoms with van der Waals surface area (Å²) in [6.07, 6.45) is 0. The van der Waals surface area contributed by atoms with Crippen LogP contribution in [0.4, 0.5) is 5.69 Å². The lowest BCUT2D eigenvalue weighted by molar-refractivity contribution is -0.148. The molecular formula is C30H32ClN2O9P. The van der Waals surface area contributed by atoms with Crippen LogP contribution in [0.3, 0.4) is 0 Å². The fourth-order valence-electron chi connectivity index (χ4n) is 6.00. The van der Waals surface area contributed by atoms with Gasteiger partial charge in [0.05, 0.1) is 18.2 Å². The average Bonchev–Trinajstić information content (AvgIpc) is 3.40. The maximum Gasteiger partial charge on any atom is 0.345 e. The Morgan fingerprint density at radius 1 is 1.16 bits per heavy atom. The van der Waals surface area contributed by atoms with Gasteiger partial charge in [-0.15, -0.1) is 0 Å². The van der Waals surface area contributed by atoms with E-state index in [4.69, 9.17) is 34.5 Å². The first-order valence-corrected chi connectivity index (χ1v) is 15.4. The predicted molar refractivity (Wildman–Crippen MR) is 160 cm³/mol. The number of anilines is 1. The van der Waals surface area contributed by atoms with Crippen LogP contribution in [0.2, 0.25) is 5.02 Å². The van der Waals surface area contributed by atoms with Crippen molar-refractivity contribution in [3.8, 4) is 5.75 Å². The first-order chi connectivity index (χ1) is 20.2. The fraction of sp³-hybridized carbons (Fsp3) is 0.367. The van der Waals surface area contributed by atoms with Gasteiger partial charge in [-0.25, -0.2) is 0 Å². The minimum absolute atomic E-state index is 0.0450. The third-order valence-corrected chi connectivity index (χ3v) is 10.4. The molecule has 1 unspecified atom stereocenters. The van der Waals surface area contributed by atoms with E-state index in [1.165, 1.54) is 0 Å². The topological polar surface area (TPSA) is 134 Å². The molecular weight excluding hydrogens is 599 g/mol. The van der Waals surface area contributed by atoms with Crippen LogP contribution in [0.1, 0.15) is 60.9 Å². The Hall–Kier alpha value is -3.63. The third-order valence-electron chi connectivity index (χ3n) is 7.92. The zero-order valence-corrected chi connectivity index (χ0v) is 26.4. The van der Waals surface area contributed by atoms with Crippen molar-refractivity contribution in [3.63, 3.8) is 0 Å². The molecule has 1 aromatic heterocycles. The van der Waals surface area contributed by atoms with E-state index in [1.54, 1.807) is 49.1 Å². The van der Waals surface area contributed by atoms with E-state index >= 15 is 0 Å². The maximum atomic E-state index is 14.0. The predicted octanol–water partition coefficient (Wildman–Crippen LogP) is 6.30. The molecule has 2 aromatic carbocycles. The Balaban J connectivity index is 1.90. The molecule has 43 heavy (non-hydrogen) atoms. The summed E-state index contributed by atoms with van der Waals surface area (Å²) >= 11 is 6.23. The van der Waals surface area contributed by atoms with Crippen molar-refractivity contribution in [2.75, 3.05) is 26.6 Å². The van der Waals surface area contributed by atoms with Gasteiger partial charge in [0.2, 0.25) is 0 Å². The maximum absolute atomic E-state index is 14.0. The molecule has 2 aliphatic rings. The number of allylic oxidation sites excluding steroid dienone is 1. The van der Waals surface area contributed by atoms with E-state index < -0.39 is 36.8 Å². The van der Waals surface area contributed by atoms with Crippen LogP contribution in [0.25, 0.3) is 16.5 Å². The summed E-state index contributed by atoms with van der Waals surface area (Å²) in [5.74, 6) is -3.38. The van der Waals surface area contributed by atoms with Gasteiger partial charge >= 0.3 is 19.5 Å². The van der Waals surface area contributed by atoms with Crippen LogP contribution in [0.5, 0.6) is 5.75 Å². The number of hydrogen-bond donors (Lipinski definition) is 1. The Morgan fingerprint density at radius 3 is 2.42 bits per heavy atom. The molecule has 0 saturated heterocycles. The monoisotopic (exact) mass is 630 g/mol. The van der Waals surface area contributed by atoms with Crippen LogP contribution in [0.15, 0.2) is 41.3 Å².